The van der Waals surface area contributed by atoms with E-state index in [0.717, 1.165) is 22.9 Å². The Morgan fingerprint density at radius 2 is 2.00 bits per heavy atom. The molecule has 0 amide bonds. The number of aliphatic hydroxyl groups excluding tert-OH is 1. The van der Waals surface area contributed by atoms with Gasteiger partial charge in [0.25, 0.3) is 0 Å². The Hall–Kier alpha value is -0.780. The van der Waals surface area contributed by atoms with Gasteiger partial charge in [0.1, 0.15) is 6.10 Å². The summed E-state index contributed by atoms with van der Waals surface area (Å²) >= 11 is 3.34. The molecule has 1 aromatic rings. The second kappa shape index (κ2) is 5.85. The second-order valence-electron chi connectivity index (χ2n) is 3.03. The van der Waals surface area contributed by atoms with Crippen LogP contribution < -0.4 is 0 Å². The highest BCUT2D eigenvalue weighted by atomic mass is 79.9. The molecule has 1 aromatic carbocycles. The normalized spacial score (nSPS) is 11.6. The molecular formula is C12H13BrO. The molecule has 0 radical (unpaired) electrons. The smallest absolute Gasteiger partial charge is 0.140 e. The molecule has 1 rings (SSSR count). The van der Waals surface area contributed by atoms with Gasteiger partial charge in [-0.3, -0.25) is 0 Å². The van der Waals surface area contributed by atoms with E-state index < -0.39 is 6.10 Å². The number of hydrogen-bond donors (Lipinski definition) is 1. The first-order chi connectivity index (χ1) is 6.74. The number of halogens is 1. The maximum absolute atomic E-state index is 9.65. The van der Waals surface area contributed by atoms with Crippen LogP contribution in [0.15, 0.2) is 28.7 Å². The van der Waals surface area contributed by atoms with Crippen molar-refractivity contribution in [2.75, 3.05) is 0 Å². The third-order valence-electron chi connectivity index (χ3n) is 1.80. The Labute approximate surface area is 93.3 Å². The highest BCUT2D eigenvalue weighted by Gasteiger charge is 2.01. The molecule has 0 heterocycles. The third-order valence-corrected chi connectivity index (χ3v) is 2.33. The lowest BCUT2D eigenvalue weighted by atomic mass is 10.1. The molecule has 14 heavy (non-hydrogen) atoms. The quantitative estimate of drug-likeness (QED) is 0.802. The molecule has 0 aliphatic rings. The summed E-state index contributed by atoms with van der Waals surface area (Å²) in [6.07, 6.45) is 1.21. The third kappa shape index (κ3) is 3.53. The van der Waals surface area contributed by atoms with E-state index in [0.29, 0.717) is 0 Å². The summed E-state index contributed by atoms with van der Waals surface area (Å²) in [6.45, 7) is 2.07. The predicted molar refractivity (Wildman–Crippen MR) is 61.8 cm³/mol. The van der Waals surface area contributed by atoms with Crippen LogP contribution in [0, 0.1) is 11.8 Å². The van der Waals surface area contributed by atoms with Gasteiger partial charge in [-0.1, -0.05) is 40.9 Å². The molecule has 1 atom stereocenters. The van der Waals surface area contributed by atoms with E-state index in [2.05, 4.69) is 34.7 Å². The van der Waals surface area contributed by atoms with Crippen LogP contribution in [0.2, 0.25) is 0 Å². The number of aliphatic hydroxyl groups is 1. The van der Waals surface area contributed by atoms with Gasteiger partial charge in [0.05, 0.1) is 0 Å². The van der Waals surface area contributed by atoms with E-state index in [1.807, 2.05) is 24.3 Å². The molecule has 0 saturated carbocycles. The summed E-state index contributed by atoms with van der Waals surface area (Å²) in [5.74, 6) is 5.75. The lowest BCUT2D eigenvalue weighted by Gasteiger charge is -2.02. The van der Waals surface area contributed by atoms with Gasteiger partial charge in [0, 0.05) is 10.9 Å². The molecule has 74 valence electrons. The standard InChI is InChI=1S/C12H13BrO/c1-2-3-4-5-12(14)10-6-8-11(13)9-7-10/h6-9,12,14H,2-3H2,1H3. The molecule has 2 heteroatoms. The van der Waals surface area contributed by atoms with Crippen LogP contribution in [0.25, 0.3) is 0 Å². The zero-order valence-corrected chi connectivity index (χ0v) is 9.71. The fourth-order valence-corrected chi connectivity index (χ4v) is 1.29. The summed E-state index contributed by atoms with van der Waals surface area (Å²) in [4.78, 5) is 0. The van der Waals surface area contributed by atoms with Crippen LogP contribution >= 0.6 is 15.9 Å². The molecule has 0 aliphatic carbocycles. The molecule has 0 aliphatic heterocycles. The van der Waals surface area contributed by atoms with Crippen molar-refractivity contribution in [1.82, 2.24) is 0 Å². The van der Waals surface area contributed by atoms with E-state index >= 15 is 0 Å². The van der Waals surface area contributed by atoms with Crippen molar-refractivity contribution in [1.29, 1.82) is 0 Å². The number of unbranched alkanes of at least 4 members (excludes halogenated alkanes) is 1. The largest absolute Gasteiger partial charge is 0.376 e. The Morgan fingerprint density at radius 3 is 2.57 bits per heavy atom. The zero-order valence-electron chi connectivity index (χ0n) is 8.13. The summed E-state index contributed by atoms with van der Waals surface area (Å²) in [7, 11) is 0. The Morgan fingerprint density at radius 1 is 1.36 bits per heavy atom. The van der Waals surface area contributed by atoms with Gasteiger partial charge in [-0.05, 0) is 24.1 Å². The highest BCUT2D eigenvalue weighted by molar-refractivity contribution is 9.10. The SMILES string of the molecule is CCCC#CC(O)c1ccc(Br)cc1. The minimum absolute atomic E-state index is 0.658. The summed E-state index contributed by atoms with van der Waals surface area (Å²) in [5, 5.41) is 9.65. The Balaban J connectivity index is 2.66. The first kappa shape index (κ1) is 11.3. The van der Waals surface area contributed by atoms with Crippen LogP contribution in [-0.4, -0.2) is 5.11 Å². The Bertz CT molecular complexity index is 332. The summed E-state index contributed by atoms with van der Waals surface area (Å²) < 4.78 is 1.01. The summed E-state index contributed by atoms with van der Waals surface area (Å²) in [5.41, 5.74) is 0.844. The molecule has 1 N–H and O–H groups in total. The summed E-state index contributed by atoms with van der Waals surface area (Å²) in [6, 6.07) is 7.55. The molecule has 1 unspecified atom stereocenters. The topological polar surface area (TPSA) is 20.2 Å². The molecule has 0 saturated heterocycles. The van der Waals surface area contributed by atoms with Crippen molar-refractivity contribution >= 4 is 15.9 Å². The molecule has 0 fully saturated rings. The van der Waals surface area contributed by atoms with Gasteiger partial charge in [0.2, 0.25) is 0 Å². The highest BCUT2D eigenvalue weighted by Crippen LogP contribution is 2.16. The van der Waals surface area contributed by atoms with Crippen molar-refractivity contribution in [2.45, 2.75) is 25.9 Å². The van der Waals surface area contributed by atoms with E-state index in [1.54, 1.807) is 0 Å². The van der Waals surface area contributed by atoms with Crippen molar-refractivity contribution in [3.05, 3.63) is 34.3 Å². The van der Waals surface area contributed by atoms with Gasteiger partial charge in [-0.25, -0.2) is 0 Å². The van der Waals surface area contributed by atoms with E-state index in [-0.39, 0.29) is 0 Å². The molecule has 0 bridgehead atoms. The van der Waals surface area contributed by atoms with Crippen molar-refractivity contribution in [3.8, 4) is 11.8 Å². The van der Waals surface area contributed by atoms with E-state index in [4.69, 9.17) is 0 Å². The van der Waals surface area contributed by atoms with Crippen molar-refractivity contribution < 1.29 is 5.11 Å². The molecule has 0 spiro atoms. The monoisotopic (exact) mass is 252 g/mol. The van der Waals surface area contributed by atoms with E-state index in [1.165, 1.54) is 0 Å². The van der Waals surface area contributed by atoms with Gasteiger partial charge < -0.3 is 5.11 Å². The van der Waals surface area contributed by atoms with Crippen molar-refractivity contribution in [2.24, 2.45) is 0 Å². The lowest BCUT2D eigenvalue weighted by molar-refractivity contribution is 0.238. The lowest BCUT2D eigenvalue weighted by Crippen LogP contribution is -1.92. The van der Waals surface area contributed by atoms with Gasteiger partial charge >= 0.3 is 0 Å². The first-order valence-corrected chi connectivity index (χ1v) is 5.45. The average Bonchev–Trinajstić information content (AvgIpc) is 2.19. The van der Waals surface area contributed by atoms with Gasteiger partial charge in [-0.15, -0.1) is 5.92 Å². The van der Waals surface area contributed by atoms with Crippen LogP contribution in [0.4, 0.5) is 0 Å². The molecular weight excluding hydrogens is 240 g/mol. The first-order valence-electron chi connectivity index (χ1n) is 4.66. The maximum Gasteiger partial charge on any atom is 0.140 e. The Kier molecular flexibility index (Phi) is 4.72. The fraction of sp³-hybridized carbons (Fsp3) is 0.333. The number of rotatable bonds is 2. The zero-order chi connectivity index (χ0) is 10.4. The van der Waals surface area contributed by atoms with Crippen LogP contribution in [0.3, 0.4) is 0 Å². The van der Waals surface area contributed by atoms with Crippen LogP contribution in [-0.2, 0) is 0 Å². The maximum atomic E-state index is 9.65. The molecule has 0 aromatic heterocycles. The van der Waals surface area contributed by atoms with Crippen LogP contribution in [0.5, 0.6) is 0 Å². The second-order valence-corrected chi connectivity index (χ2v) is 3.94. The van der Waals surface area contributed by atoms with Gasteiger partial charge in [0.15, 0.2) is 0 Å². The van der Waals surface area contributed by atoms with Gasteiger partial charge in [-0.2, -0.15) is 0 Å². The minimum atomic E-state index is -0.658. The molecule has 1 nitrogen and oxygen atoms in total. The predicted octanol–water partition coefficient (Wildman–Crippen LogP) is 3.29. The minimum Gasteiger partial charge on any atom is -0.376 e. The van der Waals surface area contributed by atoms with Crippen LogP contribution in [0.1, 0.15) is 31.4 Å². The van der Waals surface area contributed by atoms with Crippen molar-refractivity contribution in [3.63, 3.8) is 0 Å². The number of benzene rings is 1. The number of hydrogen-bond acceptors (Lipinski definition) is 1. The van der Waals surface area contributed by atoms with E-state index in [9.17, 15) is 5.11 Å². The average molecular weight is 253 g/mol. The fourth-order valence-electron chi connectivity index (χ4n) is 1.02.